The van der Waals surface area contributed by atoms with Gasteiger partial charge in [-0.05, 0) is 102 Å². The van der Waals surface area contributed by atoms with Crippen molar-refractivity contribution >= 4 is 24.6 Å². The van der Waals surface area contributed by atoms with Crippen LogP contribution in [0.2, 0.25) is 0 Å². The Labute approximate surface area is 265 Å². The third kappa shape index (κ3) is 28.1. The Bertz CT molecular complexity index is 798. The molecule has 0 aromatic heterocycles. The van der Waals surface area contributed by atoms with Gasteiger partial charge in [0.1, 0.15) is 29.3 Å². The average molecular weight is 636 g/mol. The number of ether oxygens (including phenoxy) is 5. The molecule has 260 valence electrons. The number of nitrogens with zero attached hydrogens (tertiary/aromatic N) is 1. The van der Waals surface area contributed by atoms with Gasteiger partial charge in [-0.25, -0.2) is 14.4 Å². The highest BCUT2D eigenvalue weighted by atomic mass is 16.7. The predicted octanol–water partition coefficient (Wildman–Crippen LogP) is 5.52. The fourth-order valence-corrected chi connectivity index (χ4v) is 3.33. The molecule has 1 unspecified atom stereocenters. The van der Waals surface area contributed by atoms with Crippen LogP contribution in [-0.2, 0) is 28.5 Å². The number of rotatable bonds is 12. The summed E-state index contributed by atoms with van der Waals surface area (Å²) in [6.45, 7) is 23.1. The Balaban J connectivity index is 0. The Hall–Kier alpha value is -2.64. The first-order valence-corrected chi connectivity index (χ1v) is 15.5. The molecule has 3 amide bonds. The van der Waals surface area contributed by atoms with Gasteiger partial charge < -0.3 is 44.2 Å². The van der Waals surface area contributed by atoms with Gasteiger partial charge in [-0.3, -0.25) is 4.90 Å². The number of amides is 3. The number of aliphatic hydroxyl groups is 1. The van der Waals surface area contributed by atoms with Crippen molar-refractivity contribution in [2.45, 2.75) is 144 Å². The van der Waals surface area contributed by atoms with Crippen molar-refractivity contribution in [1.82, 2.24) is 15.5 Å². The maximum Gasteiger partial charge on any atom is 0.412 e. The summed E-state index contributed by atoms with van der Waals surface area (Å²) in [5, 5.41) is 14.6. The molecule has 1 heterocycles. The van der Waals surface area contributed by atoms with Crippen molar-refractivity contribution in [3.8, 4) is 0 Å². The maximum atomic E-state index is 11.4. The van der Waals surface area contributed by atoms with E-state index in [-0.39, 0.29) is 12.4 Å². The van der Waals surface area contributed by atoms with E-state index in [1.54, 1.807) is 20.8 Å². The first kappa shape index (κ1) is 43.5. The highest BCUT2D eigenvalue weighted by molar-refractivity contribution is 5.69. The second kappa shape index (κ2) is 22.8. The average Bonchev–Trinajstić information content (AvgIpc) is 3.28. The van der Waals surface area contributed by atoms with Crippen LogP contribution in [0, 0.1) is 0 Å². The number of aldehydes is 1. The molecule has 1 aliphatic rings. The van der Waals surface area contributed by atoms with Crippen LogP contribution in [0.1, 0.15) is 115 Å². The van der Waals surface area contributed by atoms with E-state index in [4.69, 9.17) is 23.7 Å². The van der Waals surface area contributed by atoms with E-state index in [1.165, 1.54) is 4.90 Å². The third-order valence-corrected chi connectivity index (χ3v) is 5.01. The third-order valence-electron chi connectivity index (χ3n) is 5.01. The van der Waals surface area contributed by atoms with Crippen molar-refractivity contribution in [3.05, 3.63) is 0 Å². The molecule has 0 radical (unpaired) electrons. The van der Waals surface area contributed by atoms with E-state index >= 15 is 0 Å². The maximum absolute atomic E-state index is 11.4. The van der Waals surface area contributed by atoms with Gasteiger partial charge in [0.25, 0.3) is 0 Å². The van der Waals surface area contributed by atoms with E-state index in [9.17, 15) is 24.3 Å². The van der Waals surface area contributed by atoms with E-state index < -0.39 is 35.2 Å². The van der Waals surface area contributed by atoms with Crippen LogP contribution in [0.15, 0.2) is 0 Å². The summed E-state index contributed by atoms with van der Waals surface area (Å²) < 4.78 is 26.0. The van der Waals surface area contributed by atoms with Gasteiger partial charge in [0.15, 0.2) is 6.29 Å². The Morgan fingerprint density at radius 1 is 0.818 bits per heavy atom. The quantitative estimate of drug-likeness (QED) is 0.108. The van der Waals surface area contributed by atoms with Crippen molar-refractivity contribution in [3.63, 3.8) is 0 Å². The fourth-order valence-electron chi connectivity index (χ4n) is 3.33. The van der Waals surface area contributed by atoms with Crippen LogP contribution in [-0.4, -0.2) is 96.7 Å². The minimum absolute atomic E-state index is 0.180. The summed E-state index contributed by atoms with van der Waals surface area (Å²) >= 11 is 0. The number of unbranched alkanes of at least 4 members (excludes halogenated alkanes) is 1. The van der Waals surface area contributed by atoms with Crippen LogP contribution < -0.4 is 10.6 Å². The van der Waals surface area contributed by atoms with Gasteiger partial charge in [0.05, 0.1) is 0 Å². The molecule has 1 atom stereocenters. The van der Waals surface area contributed by atoms with Crippen molar-refractivity contribution < 1.29 is 48.0 Å². The number of hydrogen-bond donors (Lipinski definition) is 3. The molecule has 13 heteroatoms. The van der Waals surface area contributed by atoms with Gasteiger partial charge in [-0.15, -0.1) is 0 Å². The van der Waals surface area contributed by atoms with E-state index in [0.717, 1.165) is 25.5 Å². The number of aliphatic hydroxyl groups excluding tert-OH is 1. The summed E-state index contributed by atoms with van der Waals surface area (Å²) in [6, 6.07) is 0. The van der Waals surface area contributed by atoms with Crippen molar-refractivity contribution in [1.29, 1.82) is 0 Å². The number of carbonyl (C=O) groups is 4. The molecule has 0 aromatic carbocycles. The zero-order valence-electron chi connectivity index (χ0n) is 29.1. The molecule has 13 nitrogen and oxygen atoms in total. The number of nitrogens with one attached hydrogen (secondary N) is 2. The molecule has 1 saturated heterocycles. The molecule has 0 spiro atoms. The normalized spacial score (nSPS) is 14.8. The molecule has 0 saturated carbocycles. The Kier molecular flexibility index (Phi) is 22.5. The lowest BCUT2D eigenvalue weighted by Gasteiger charge is -2.26. The molecular formula is C31H61N3O10. The summed E-state index contributed by atoms with van der Waals surface area (Å²) in [5.41, 5.74) is -1.41. The SMILES string of the molecule is CC(C)(C)OC(=O)N1CCCC1O.CC(C)(C)OC(=O)NCCCC=O.CCOC(CCCNC(=O)OC(C)(C)C)OCC. The minimum atomic E-state index is -0.658. The molecule has 0 aliphatic carbocycles. The second-order valence-corrected chi connectivity index (χ2v) is 12.9. The molecule has 0 bridgehead atoms. The standard InChI is InChI=1S/C13H27NO4.2C9H17NO3/c1-6-16-11(17-7-2)9-8-10-14-12(15)18-13(3,4)5;1-9(2,3)13-8(12)10-6-4-5-7(10)11;1-9(2,3)13-8(12)10-6-4-5-7-11/h11H,6-10H2,1-5H3,(H,14,15);7,11H,4-6H2,1-3H3;7H,4-6H2,1-3H3,(H,10,12). The molecule has 1 aliphatic heterocycles. The first-order valence-electron chi connectivity index (χ1n) is 15.5. The Morgan fingerprint density at radius 3 is 1.64 bits per heavy atom. The molecule has 0 aromatic rings. The van der Waals surface area contributed by atoms with Gasteiger partial charge >= 0.3 is 18.3 Å². The zero-order valence-corrected chi connectivity index (χ0v) is 29.1. The zero-order chi connectivity index (χ0) is 34.4. The topological polar surface area (TPSA) is 162 Å². The lowest BCUT2D eigenvalue weighted by Crippen LogP contribution is -2.39. The van der Waals surface area contributed by atoms with Crippen molar-refractivity contribution in [2.24, 2.45) is 0 Å². The molecule has 1 fully saturated rings. The fraction of sp³-hybridized carbons (Fsp3) is 0.871. The van der Waals surface area contributed by atoms with Crippen LogP contribution in [0.3, 0.4) is 0 Å². The van der Waals surface area contributed by atoms with Crippen LogP contribution >= 0.6 is 0 Å². The molecule has 44 heavy (non-hydrogen) atoms. The first-order chi connectivity index (χ1) is 20.2. The van der Waals surface area contributed by atoms with Crippen LogP contribution in [0.4, 0.5) is 14.4 Å². The monoisotopic (exact) mass is 635 g/mol. The Morgan fingerprint density at radius 2 is 1.27 bits per heavy atom. The van der Waals surface area contributed by atoms with Crippen LogP contribution in [0.5, 0.6) is 0 Å². The predicted molar refractivity (Wildman–Crippen MR) is 168 cm³/mol. The number of likely N-dealkylation sites (tertiary alicyclic amines) is 1. The van der Waals surface area contributed by atoms with Gasteiger partial charge in [-0.1, -0.05) is 0 Å². The molecular weight excluding hydrogens is 574 g/mol. The minimum Gasteiger partial charge on any atom is -0.444 e. The second-order valence-electron chi connectivity index (χ2n) is 12.9. The van der Waals surface area contributed by atoms with Gasteiger partial charge in [0, 0.05) is 45.7 Å². The number of carbonyl (C=O) groups excluding carboxylic acids is 4. The van der Waals surface area contributed by atoms with Crippen LogP contribution in [0.25, 0.3) is 0 Å². The number of hydrogen-bond acceptors (Lipinski definition) is 10. The number of alkyl carbamates (subject to hydrolysis) is 2. The largest absolute Gasteiger partial charge is 0.444 e. The smallest absolute Gasteiger partial charge is 0.412 e. The highest BCUT2D eigenvalue weighted by Crippen LogP contribution is 2.18. The highest BCUT2D eigenvalue weighted by Gasteiger charge is 2.30. The van der Waals surface area contributed by atoms with Crippen molar-refractivity contribution in [2.75, 3.05) is 32.8 Å². The summed E-state index contributed by atoms with van der Waals surface area (Å²) in [7, 11) is 0. The summed E-state index contributed by atoms with van der Waals surface area (Å²) in [5.74, 6) is 0. The van der Waals surface area contributed by atoms with Gasteiger partial charge in [0.2, 0.25) is 0 Å². The lowest BCUT2D eigenvalue weighted by atomic mass is 10.2. The summed E-state index contributed by atoms with van der Waals surface area (Å²) in [4.78, 5) is 45.1. The summed E-state index contributed by atoms with van der Waals surface area (Å²) in [6.07, 6.45) is 2.94. The molecule has 1 rings (SSSR count). The van der Waals surface area contributed by atoms with E-state index in [1.807, 2.05) is 55.4 Å². The van der Waals surface area contributed by atoms with E-state index in [0.29, 0.717) is 52.1 Å². The van der Waals surface area contributed by atoms with E-state index in [2.05, 4.69) is 10.6 Å². The lowest BCUT2D eigenvalue weighted by molar-refractivity contribution is -0.139. The molecule has 3 N–H and O–H groups in total. The van der Waals surface area contributed by atoms with Gasteiger partial charge in [-0.2, -0.15) is 0 Å².